The Hall–Kier alpha value is -2.43. The molecule has 6 nitrogen and oxygen atoms in total. The Morgan fingerprint density at radius 3 is 2.83 bits per heavy atom. The van der Waals surface area contributed by atoms with Crippen molar-refractivity contribution in [2.24, 2.45) is 0 Å². The summed E-state index contributed by atoms with van der Waals surface area (Å²) in [6.45, 7) is 4.89. The minimum Gasteiger partial charge on any atom is -0.328 e. The lowest BCUT2D eigenvalue weighted by atomic mass is 10.1. The molecule has 0 radical (unpaired) electrons. The first-order valence-electron chi connectivity index (χ1n) is 10.6. The second-order valence-corrected chi connectivity index (χ2v) is 9.02. The Morgan fingerprint density at radius 1 is 1.24 bits per heavy atom. The molecular weight excluding hydrogens is 382 g/mol. The lowest BCUT2D eigenvalue weighted by molar-refractivity contribution is -0.900. The maximum Gasteiger partial charge on any atom is 0.274 e. The number of nitrogens with one attached hydrogen (secondary N) is 3. The van der Waals surface area contributed by atoms with Crippen molar-refractivity contribution in [2.75, 3.05) is 42.9 Å². The van der Waals surface area contributed by atoms with Gasteiger partial charge in [-0.3, -0.25) is 9.69 Å². The van der Waals surface area contributed by atoms with Crippen LogP contribution in [0.15, 0.2) is 24.4 Å². The Labute approximate surface area is 176 Å². The predicted octanol–water partition coefficient (Wildman–Crippen LogP) is 1.44. The largest absolute Gasteiger partial charge is 0.328 e. The Balaban J connectivity index is 1.27. The van der Waals surface area contributed by atoms with Crippen molar-refractivity contribution >= 4 is 28.1 Å². The summed E-state index contributed by atoms with van der Waals surface area (Å²) in [5.74, 6) is 1.19. The quantitative estimate of drug-likeness (QED) is 0.731. The second-order valence-electron chi connectivity index (χ2n) is 7.91. The van der Waals surface area contributed by atoms with E-state index in [0.717, 1.165) is 62.8 Å². The van der Waals surface area contributed by atoms with E-state index >= 15 is 0 Å². The van der Waals surface area contributed by atoms with E-state index in [1.807, 2.05) is 12.3 Å². The van der Waals surface area contributed by atoms with Crippen molar-refractivity contribution in [1.29, 1.82) is 5.26 Å². The van der Waals surface area contributed by atoms with Crippen molar-refractivity contribution in [3.8, 4) is 6.07 Å². The maximum absolute atomic E-state index is 12.5. The third-order valence-electron chi connectivity index (χ3n) is 6.00. The molecule has 0 saturated carbocycles. The fraction of sp³-hybridized carbons (Fsp3) is 0.500. The zero-order chi connectivity index (χ0) is 20.1. The second kappa shape index (κ2) is 9.38. The molecule has 29 heavy (non-hydrogen) atoms. The van der Waals surface area contributed by atoms with Crippen LogP contribution in [0, 0.1) is 11.3 Å². The van der Waals surface area contributed by atoms with E-state index in [4.69, 9.17) is 0 Å². The first-order valence-corrected chi connectivity index (χ1v) is 11.5. The van der Waals surface area contributed by atoms with Crippen molar-refractivity contribution in [1.82, 2.24) is 0 Å². The number of aromatic amines is 1. The minimum atomic E-state index is 0.0317. The number of nitrogens with zero attached hydrogens (tertiary/aromatic N) is 2. The summed E-state index contributed by atoms with van der Waals surface area (Å²) in [5.41, 5.74) is 1.89. The van der Waals surface area contributed by atoms with Gasteiger partial charge in [-0.25, -0.2) is 4.98 Å². The number of rotatable bonds is 5. The number of H-pyrrole nitrogens is 1. The average Bonchev–Trinajstić information content (AvgIpc) is 2.92. The number of anilines is 2. The SMILES string of the molecule is N#Cc1c(NC(=O)CC[NH+]2CCN(c3cccc[nH+]3)CC2)sc2c1CCCCC2. The lowest BCUT2D eigenvalue weighted by Crippen LogP contribution is -3.15. The van der Waals surface area contributed by atoms with Crippen molar-refractivity contribution in [3.05, 3.63) is 40.4 Å². The molecular formula is C22H29N5OS+2. The van der Waals surface area contributed by atoms with Gasteiger partial charge in [0, 0.05) is 10.9 Å². The number of quaternary nitrogens is 1. The highest BCUT2D eigenvalue weighted by Crippen LogP contribution is 2.36. The highest BCUT2D eigenvalue weighted by atomic mass is 32.1. The van der Waals surface area contributed by atoms with Gasteiger partial charge >= 0.3 is 0 Å². The lowest BCUT2D eigenvalue weighted by Gasteiger charge is -2.28. The van der Waals surface area contributed by atoms with Crippen LogP contribution in [0.25, 0.3) is 0 Å². The maximum atomic E-state index is 12.5. The van der Waals surface area contributed by atoms with Crippen LogP contribution in [-0.4, -0.2) is 38.6 Å². The molecule has 4 rings (SSSR count). The van der Waals surface area contributed by atoms with Crippen LogP contribution >= 0.6 is 11.3 Å². The van der Waals surface area contributed by atoms with E-state index in [9.17, 15) is 10.1 Å². The molecule has 1 aliphatic heterocycles. The van der Waals surface area contributed by atoms with E-state index in [-0.39, 0.29) is 5.91 Å². The van der Waals surface area contributed by atoms with Crippen LogP contribution in [0.1, 0.15) is 41.7 Å². The van der Waals surface area contributed by atoms with Gasteiger partial charge in [-0.2, -0.15) is 5.26 Å². The molecule has 0 bridgehead atoms. The first kappa shape index (κ1) is 19.9. The molecule has 2 aromatic rings. The smallest absolute Gasteiger partial charge is 0.274 e. The van der Waals surface area contributed by atoms with Crippen molar-refractivity contribution in [3.63, 3.8) is 0 Å². The van der Waals surface area contributed by atoms with Crippen LogP contribution in [-0.2, 0) is 17.6 Å². The third kappa shape index (κ3) is 4.77. The van der Waals surface area contributed by atoms with Gasteiger partial charge in [-0.1, -0.05) is 12.5 Å². The predicted molar refractivity (Wildman–Crippen MR) is 114 cm³/mol. The Bertz CT molecular complexity index is 881. The molecule has 1 saturated heterocycles. The highest BCUT2D eigenvalue weighted by Gasteiger charge is 2.26. The number of carbonyl (C=O) groups excluding carboxylic acids is 1. The molecule has 3 heterocycles. The summed E-state index contributed by atoms with van der Waals surface area (Å²) in [7, 11) is 0. The summed E-state index contributed by atoms with van der Waals surface area (Å²) >= 11 is 1.62. The van der Waals surface area contributed by atoms with E-state index in [0.29, 0.717) is 12.0 Å². The zero-order valence-electron chi connectivity index (χ0n) is 16.8. The molecule has 0 unspecified atom stereocenters. The molecule has 2 aromatic heterocycles. The molecule has 0 aromatic carbocycles. The molecule has 152 valence electrons. The number of fused-ring (bicyclic) bond motifs is 1. The van der Waals surface area contributed by atoms with Gasteiger partial charge in [0.25, 0.3) is 5.82 Å². The Kier molecular flexibility index (Phi) is 6.43. The zero-order valence-corrected chi connectivity index (χ0v) is 17.6. The summed E-state index contributed by atoms with van der Waals surface area (Å²) in [6.07, 6.45) is 8.02. The van der Waals surface area contributed by atoms with Gasteiger partial charge in [-0.05, 0) is 37.3 Å². The monoisotopic (exact) mass is 411 g/mol. The summed E-state index contributed by atoms with van der Waals surface area (Å²) < 4.78 is 0. The standard InChI is InChI=1S/C22H27N5OS/c23-16-18-17-6-2-1-3-7-19(17)29-22(18)25-21(28)9-11-26-12-14-27(15-13-26)20-8-4-5-10-24-20/h4-5,8,10H,1-3,6-7,9,11-15H2,(H,25,28)/p+2. The molecule has 0 spiro atoms. The molecule has 7 heteroatoms. The van der Waals surface area contributed by atoms with E-state index in [2.05, 4.69) is 33.4 Å². The van der Waals surface area contributed by atoms with Crippen LogP contribution in [0.4, 0.5) is 10.8 Å². The minimum absolute atomic E-state index is 0.0317. The number of thiophene rings is 1. The fourth-order valence-corrected chi connectivity index (χ4v) is 5.58. The third-order valence-corrected chi connectivity index (χ3v) is 7.20. The normalized spacial score (nSPS) is 17.3. The van der Waals surface area contributed by atoms with E-state index in [1.165, 1.54) is 28.2 Å². The van der Waals surface area contributed by atoms with Gasteiger partial charge in [0.05, 0.1) is 24.7 Å². The molecule has 1 aliphatic carbocycles. The summed E-state index contributed by atoms with van der Waals surface area (Å²) in [6, 6.07) is 8.49. The van der Waals surface area contributed by atoms with E-state index < -0.39 is 0 Å². The number of nitriles is 1. The number of pyridine rings is 1. The highest BCUT2D eigenvalue weighted by molar-refractivity contribution is 7.16. The molecule has 1 amide bonds. The number of carbonyl (C=O) groups is 1. The van der Waals surface area contributed by atoms with Gasteiger partial charge in [0.2, 0.25) is 5.91 Å². The first-order chi connectivity index (χ1) is 14.2. The van der Waals surface area contributed by atoms with Gasteiger partial charge in [0.1, 0.15) is 37.2 Å². The van der Waals surface area contributed by atoms with Crippen LogP contribution < -0.4 is 20.1 Å². The van der Waals surface area contributed by atoms with Gasteiger partial charge in [-0.15, -0.1) is 11.3 Å². The molecule has 3 N–H and O–H groups in total. The van der Waals surface area contributed by atoms with Gasteiger partial charge < -0.3 is 10.2 Å². The Morgan fingerprint density at radius 2 is 2.07 bits per heavy atom. The summed E-state index contributed by atoms with van der Waals surface area (Å²) in [5, 5.41) is 13.4. The average molecular weight is 412 g/mol. The fourth-order valence-electron chi connectivity index (χ4n) is 4.32. The molecule has 0 atom stereocenters. The van der Waals surface area contributed by atoms with E-state index in [1.54, 1.807) is 11.3 Å². The van der Waals surface area contributed by atoms with Crippen molar-refractivity contribution < 1.29 is 14.7 Å². The van der Waals surface area contributed by atoms with Crippen LogP contribution in [0.5, 0.6) is 0 Å². The van der Waals surface area contributed by atoms with Gasteiger partial charge in [0.15, 0.2) is 0 Å². The molecule has 2 aliphatic rings. The summed E-state index contributed by atoms with van der Waals surface area (Å²) in [4.78, 5) is 21.0. The van der Waals surface area contributed by atoms with Crippen molar-refractivity contribution in [2.45, 2.75) is 38.5 Å². The topological polar surface area (TPSA) is 74.7 Å². The number of aromatic nitrogens is 1. The van der Waals surface area contributed by atoms with Crippen LogP contribution in [0.2, 0.25) is 0 Å². The number of amides is 1. The number of aryl methyl sites for hydroxylation is 1. The number of hydrogen-bond donors (Lipinski definition) is 2. The van der Waals surface area contributed by atoms with Crippen LogP contribution in [0.3, 0.4) is 0 Å². The molecule has 1 fully saturated rings. The number of hydrogen-bond acceptors (Lipinski definition) is 4. The number of piperazine rings is 1.